The highest BCUT2D eigenvalue weighted by atomic mass is 16.5. The first kappa shape index (κ1) is 25.9. The summed E-state index contributed by atoms with van der Waals surface area (Å²) >= 11 is 0. The van der Waals surface area contributed by atoms with Gasteiger partial charge in [-0.25, -0.2) is 5.48 Å². The minimum absolute atomic E-state index is 0.557. The third-order valence-electron chi connectivity index (χ3n) is 5.92. The highest BCUT2D eigenvalue weighted by Gasteiger charge is 2.11. The molecule has 1 amide bonds. The molecule has 4 rings (SSSR count). The number of carbonyl (C=O) groups is 1. The van der Waals surface area contributed by atoms with Crippen LogP contribution in [0.25, 0.3) is 17.2 Å². The number of unbranched alkanes of at least 4 members (excludes halogenated alkanes) is 1. The van der Waals surface area contributed by atoms with Gasteiger partial charge in [0.05, 0.1) is 13.2 Å². The lowest BCUT2D eigenvalue weighted by Gasteiger charge is -2.21. The third-order valence-corrected chi connectivity index (χ3v) is 5.92. The van der Waals surface area contributed by atoms with Crippen molar-refractivity contribution >= 4 is 12.0 Å². The quantitative estimate of drug-likeness (QED) is 0.0980. The fourth-order valence-electron chi connectivity index (χ4n) is 4.03. The van der Waals surface area contributed by atoms with E-state index in [4.69, 9.17) is 14.4 Å². The number of hydrogen-bond acceptors (Lipinski definition) is 5. The van der Waals surface area contributed by atoms with Crippen LogP contribution in [-0.4, -0.2) is 29.2 Å². The lowest BCUT2D eigenvalue weighted by molar-refractivity contribution is -0.124. The summed E-state index contributed by atoms with van der Waals surface area (Å²) in [6, 6.07) is 32.7. The standard InChI is InChI=1S/C31H32N2O4/c34-31(32-35)20-19-29-17-18-30(37-29)24-33(21-7-8-22-36-28-11-5-2-6-12-28)23-25-13-15-27(16-14-25)26-9-3-1-4-10-26/h1-6,9-20,35H,7-8,21-24H2,(H,32,34)/b20-19+. The zero-order chi connectivity index (χ0) is 25.7. The molecule has 0 radical (unpaired) electrons. The van der Waals surface area contributed by atoms with Crippen LogP contribution in [-0.2, 0) is 17.9 Å². The van der Waals surface area contributed by atoms with Crippen molar-refractivity contribution in [2.75, 3.05) is 13.2 Å². The number of benzene rings is 3. The van der Waals surface area contributed by atoms with Crippen LogP contribution in [0.1, 0.15) is 29.9 Å². The highest BCUT2D eigenvalue weighted by Crippen LogP contribution is 2.21. The van der Waals surface area contributed by atoms with Gasteiger partial charge in [0.25, 0.3) is 5.91 Å². The van der Waals surface area contributed by atoms with Gasteiger partial charge in [-0.3, -0.25) is 14.9 Å². The second-order valence-corrected chi connectivity index (χ2v) is 8.76. The molecule has 0 unspecified atom stereocenters. The molecule has 0 aliphatic carbocycles. The molecule has 0 bridgehead atoms. The average Bonchev–Trinajstić information content (AvgIpc) is 3.40. The van der Waals surface area contributed by atoms with Gasteiger partial charge in [0.15, 0.2) is 0 Å². The second-order valence-electron chi connectivity index (χ2n) is 8.76. The van der Waals surface area contributed by atoms with Gasteiger partial charge in [-0.15, -0.1) is 0 Å². The van der Waals surface area contributed by atoms with E-state index in [1.165, 1.54) is 28.8 Å². The molecule has 0 aliphatic rings. The maximum absolute atomic E-state index is 11.2. The van der Waals surface area contributed by atoms with Crippen molar-refractivity contribution in [2.24, 2.45) is 0 Å². The van der Waals surface area contributed by atoms with Crippen LogP contribution in [0.4, 0.5) is 0 Å². The Kier molecular flexibility index (Phi) is 9.70. The summed E-state index contributed by atoms with van der Waals surface area (Å²) in [5.41, 5.74) is 5.20. The van der Waals surface area contributed by atoms with Gasteiger partial charge in [0.2, 0.25) is 0 Å². The van der Waals surface area contributed by atoms with Crippen LogP contribution in [0.2, 0.25) is 0 Å². The first-order valence-corrected chi connectivity index (χ1v) is 12.4. The zero-order valence-corrected chi connectivity index (χ0v) is 20.8. The molecular formula is C31H32N2O4. The van der Waals surface area contributed by atoms with Crippen molar-refractivity contribution in [3.05, 3.63) is 120 Å². The van der Waals surface area contributed by atoms with Crippen molar-refractivity contribution in [3.8, 4) is 16.9 Å². The van der Waals surface area contributed by atoms with Crippen LogP contribution in [0.15, 0.2) is 108 Å². The molecule has 1 heterocycles. The van der Waals surface area contributed by atoms with Crippen molar-refractivity contribution < 1.29 is 19.2 Å². The molecule has 0 atom stereocenters. The molecule has 0 fully saturated rings. The molecule has 2 N–H and O–H groups in total. The smallest absolute Gasteiger partial charge is 0.267 e. The molecule has 0 saturated carbocycles. The summed E-state index contributed by atoms with van der Waals surface area (Å²) in [5.74, 6) is 1.66. The van der Waals surface area contributed by atoms with Gasteiger partial charge in [0, 0.05) is 12.6 Å². The molecular weight excluding hydrogens is 464 g/mol. The third kappa shape index (κ3) is 8.49. The van der Waals surface area contributed by atoms with E-state index in [0.717, 1.165) is 37.4 Å². The van der Waals surface area contributed by atoms with E-state index < -0.39 is 5.91 Å². The molecule has 0 spiro atoms. The largest absolute Gasteiger partial charge is 0.494 e. The monoisotopic (exact) mass is 496 g/mol. The number of nitrogens with zero attached hydrogens (tertiary/aromatic N) is 1. The lowest BCUT2D eigenvalue weighted by Crippen LogP contribution is -2.24. The Hall–Kier alpha value is -4.13. The fourth-order valence-corrected chi connectivity index (χ4v) is 4.03. The van der Waals surface area contributed by atoms with Gasteiger partial charge < -0.3 is 9.15 Å². The Bertz CT molecular complexity index is 1250. The van der Waals surface area contributed by atoms with Gasteiger partial charge in [-0.05, 0) is 66.4 Å². The van der Waals surface area contributed by atoms with Crippen molar-refractivity contribution in [1.29, 1.82) is 0 Å². The Morgan fingerprint density at radius 3 is 2.27 bits per heavy atom. The Morgan fingerprint density at radius 1 is 0.838 bits per heavy atom. The van der Waals surface area contributed by atoms with Crippen LogP contribution in [0.3, 0.4) is 0 Å². The number of nitrogens with one attached hydrogen (secondary N) is 1. The summed E-state index contributed by atoms with van der Waals surface area (Å²) in [4.78, 5) is 13.6. The maximum Gasteiger partial charge on any atom is 0.267 e. The molecule has 4 aromatic rings. The van der Waals surface area contributed by atoms with Crippen LogP contribution in [0, 0.1) is 0 Å². The van der Waals surface area contributed by atoms with Crippen molar-refractivity contribution in [1.82, 2.24) is 10.4 Å². The SMILES string of the molecule is O=C(/C=C/c1ccc(CN(CCCCOc2ccccc2)Cc2ccc(-c3ccccc3)cc2)o1)NO. The van der Waals surface area contributed by atoms with Crippen LogP contribution < -0.4 is 10.2 Å². The highest BCUT2D eigenvalue weighted by molar-refractivity contribution is 5.90. The fraction of sp³-hybridized carbons (Fsp3) is 0.194. The van der Waals surface area contributed by atoms with E-state index in [0.29, 0.717) is 18.9 Å². The Labute approximate surface area is 217 Å². The predicted octanol–water partition coefficient (Wildman–Crippen LogP) is 6.33. The minimum Gasteiger partial charge on any atom is -0.494 e. The summed E-state index contributed by atoms with van der Waals surface area (Å²) < 4.78 is 11.7. The van der Waals surface area contributed by atoms with E-state index in [2.05, 4.69) is 53.4 Å². The van der Waals surface area contributed by atoms with E-state index in [9.17, 15) is 4.79 Å². The minimum atomic E-state index is -0.601. The Balaban J connectivity index is 1.37. The molecule has 0 aliphatic heterocycles. The molecule has 190 valence electrons. The van der Waals surface area contributed by atoms with E-state index in [-0.39, 0.29) is 0 Å². The molecule has 3 aromatic carbocycles. The Morgan fingerprint density at radius 2 is 1.54 bits per heavy atom. The molecule has 6 nitrogen and oxygen atoms in total. The summed E-state index contributed by atoms with van der Waals surface area (Å²) in [7, 11) is 0. The summed E-state index contributed by atoms with van der Waals surface area (Å²) in [6.07, 6.45) is 4.68. The number of ether oxygens (including phenoxy) is 1. The summed E-state index contributed by atoms with van der Waals surface area (Å²) in [5, 5.41) is 8.65. The number of hydrogen-bond donors (Lipinski definition) is 2. The van der Waals surface area contributed by atoms with E-state index in [1.807, 2.05) is 48.5 Å². The van der Waals surface area contributed by atoms with Gasteiger partial charge in [-0.2, -0.15) is 0 Å². The van der Waals surface area contributed by atoms with E-state index in [1.54, 1.807) is 5.48 Å². The second kappa shape index (κ2) is 13.8. The van der Waals surface area contributed by atoms with Gasteiger partial charge >= 0.3 is 0 Å². The van der Waals surface area contributed by atoms with Crippen LogP contribution >= 0.6 is 0 Å². The van der Waals surface area contributed by atoms with Gasteiger partial charge in [-0.1, -0.05) is 72.8 Å². The predicted molar refractivity (Wildman–Crippen MR) is 145 cm³/mol. The maximum atomic E-state index is 11.2. The number of amides is 1. The van der Waals surface area contributed by atoms with Crippen molar-refractivity contribution in [3.63, 3.8) is 0 Å². The normalized spacial score (nSPS) is 11.2. The molecule has 6 heteroatoms. The molecule has 0 saturated heterocycles. The number of furan rings is 1. The molecule has 1 aromatic heterocycles. The van der Waals surface area contributed by atoms with Crippen molar-refractivity contribution in [2.45, 2.75) is 25.9 Å². The topological polar surface area (TPSA) is 74.9 Å². The number of para-hydroxylation sites is 1. The first-order valence-electron chi connectivity index (χ1n) is 12.4. The van der Waals surface area contributed by atoms with Gasteiger partial charge in [0.1, 0.15) is 17.3 Å². The lowest BCUT2D eigenvalue weighted by atomic mass is 10.0. The first-order chi connectivity index (χ1) is 18.2. The zero-order valence-electron chi connectivity index (χ0n) is 20.8. The number of hydroxylamine groups is 1. The number of carbonyl (C=O) groups excluding carboxylic acids is 1. The van der Waals surface area contributed by atoms with E-state index >= 15 is 0 Å². The molecule has 37 heavy (non-hydrogen) atoms. The number of rotatable bonds is 13. The van der Waals surface area contributed by atoms with Crippen LogP contribution in [0.5, 0.6) is 5.75 Å². The average molecular weight is 497 g/mol. The summed E-state index contributed by atoms with van der Waals surface area (Å²) in [6.45, 7) is 2.98.